The standard InChI is InChI=1S/C18H22N2O3S/c1-22-15-7-2-3-8-16(15)23-12-9-17(21)20-11-5-4-6-14(20)18-19-10-13-24-18/h2-3,7-8,10,13-14H,4-6,9,11-12H2,1H3/t14-/m1/s1. The van der Waals surface area contributed by atoms with Crippen LogP contribution in [0.4, 0.5) is 0 Å². The van der Waals surface area contributed by atoms with Crippen LogP contribution in [0.3, 0.4) is 0 Å². The minimum Gasteiger partial charge on any atom is -0.493 e. The van der Waals surface area contributed by atoms with E-state index in [4.69, 9.17) is 9.47 Å². The Morgan fingerprint density at radius 3 is 2.92 bits per heavy atom. The first-order valence-corrected chi connectivity index (χ1v) is 9.12. The number of para-hydroxylation sites is 2. The molecule has 0 N–H and O–H groups in total. The van der Waals surface area contributed by atoms with Crippen molar-refractivity contribution in [1.29, 1.82) is 0 Å². The molecule has 1 amide bonds. The minimum absolute atomic E-state index is 0.123. The lowest BCUT2D eigenvalue weighted by molar-refractivity contribution is -0.135. The first-order chi connectivity index (χ1) is 11.8. The summed E-state index contributed by atoms with van der Waals surface area (Å²) >= 11 is 1.62. The molecular weight excluding hydrogens is 324 g/mol. The van der Waals surface area contributed by atoms with Crippen LogP contribution in [-0.2, 0) is 4.79 Å². The summed E-state index contributed by atoms with van der Waals surface area (Å²) in [7, 11) is 1.61. The van der Waals surface area contributed by atoms with E-state index in [0.29, 0.717) is 24.5 Å². The predicted molar refractivity (Wildman–Crippen MR) is 93.5 cm³/mol. The lowest BCUT2D eigenvalue weighted by atomic mass is 10.0. The number of thiazole rings is 1. The molecule has 1 atom stereocenters. The molecule has 1 aliphatic heterocycles. The molecule has 0 unspecified atom stereocenters. The van der Waals surface area contributed by atoms with Gasteiger partial charge in [0.15, 0.2) is 11.5 Å². The molecule has 2 heterocycles. The van der Waals surface area contributed by atoms with Crippen LogP contribution in [-0.4, -0.2) is 36.1 Å². The molecule has 1 aromatic carbocycles. The molecule has 1 fully saturated rings. The Bertz CT molecular complexity index is 660. The number of hydrogen-bond acceptors (Lipinski definition) is 5. The van der Waals surface area contributed by atoms with Crippen molar-refractivity contribution < 1.29 is 14.3 Å². The van der Waals surface area contributed by atoms with E-state index in [1.165, 1.54) is 0 Å². The van der Waals surface area contributed by atoms with Gasteiger partial charge in [-0.05, 0) is 31.4 Å². The van der Waals surface area contributed by atoms with Gasteiger partial charge in [-0.2, -0.15) is 0 Å². The largest absolute Gasteiger partial charge is 0.493 e. The Morgan fingerprint density at radius 2 is 2.17 bits per heavy atom. The van der Waals surface area contributed by atoms with Gasteiger partial charge in [0, 0.05) is 18.1 Å². The van der Waals surface area contributed by atoms with Gasteiger partial charge in [-0.1, -0.05) is 12.1 Å². The van der Waals surface area contributed by atoms with Crippen molar-refractivity contribution >= 4 is 17.2 Å². The van der Waals surface area contributed by atoms with E-state index in [-0.39, 0.29) is 11.9 Å². The molecule has 2 aromatic rings. The SMILES string of the molecule is COc1ccccc1OCCC(=O)N1CCCC[C@@H]1c1nccs1. The van der Waals surface area contributed by atoms with Crippen molar-refractivity contribution in [3.63, 3.8) is 0 Å². The van der Waals surface area contributed by atoms with Crippen LogP contribution in [0.5, 0.6) is 11.5 Å². The molecule has 0 saturated carbocycles. The van der Waals surface area contributed by atoms with Gasteiger partial charge in [0.25, 0.3) is 0 Å². The molecule has 0 radical (unpaired) electrons. The molecule has 1 saturated heterocycles. The summed E-state index contributed by atoms with van der Waals surface area (Å²) in [5.41, 5.74) is 0. The average molecular weight is 346 g/mol. The van der Waals surface area contributed by atoms with Gasteiger partial charge in [0.05, 0.1) is 26.2 Å². The number of ether oxygens (including phenoxy) is 2. The van der Waals surface area contributed by atoms with Crippen LogP contribution in [0.2, 0.25) is 0 Å². The molecule has 0 aliphatic carbocycles. The summed E-state index contributed by atoms with van der Waals surface area (Å²) in [6.45, 7) is 1.15. The third-order valence-electron chi connectivity index (χ3n) is 4.20. The number of aromatic nitrogens is 1. The summed E-state index contributed by atoms with van der Waals surface area (Å²) in [6, 6.07) is 7.60. The second-order valence-electron chi connectivity index (χ2n) is 5.72. The highest BCUT2D eigenvalue weighted by molar-refractivity contribution is 7.09. The zero-order valence-electron chi connectivity index (χ0n) is 13.8. The van der Waals surface area contributed by atoms with Gasteiger partial charge < -0.3 is 14.4 Å². The zero-order chi connectivity index (χ0) is 16.8. The third-order valence-corrected chi connectivity index (χ3v) is 5.08. The van der Waals surface area contributed by atoms with E-state index < -0.39 is 0 Å². The van der Waals surface area contributed by atoms with Gasteiger partial charge in [-0.15, -0.1) is 11.3 Å². The lowest BCUT2D eigenvalue weighted by Crippen LogP contribution is -2.39. The predicted octanol–water partition coefficient (Wildman–Crippen LogP) is 3.67. The summed E-state index contributed by atoms with van der Waals surface area (Å²) in [5.74, 6) is 1.48. The highest BCUT2D eigenvalue weighted by Crippen LogP contribution is 2.32. The van der Waals surface area contributed by atoms with Crippen molar-refractivity contribution in [2.75, 3.05) is 20.3 Å². The van der Waals surface area contributed by atoms with Crippen LogP contribution in [0.1, 0.15) is 36.7 Å². The van der Waals surface area contributed by atoms with E-state index in [1.54, 1.807) is 18.4 Å². The summed E-state index contributed by atoms with van der Waals surface area (Å²) in [4.78, 5) is 19.0. The van der Waals surface area contributed by atoms with E-state index >= 15 is 0 Å². The molecule has 3 rings (SSSR count). The van der Waals surface area contributed by atoms with Gasteiger partial charge in [-0.3, -0.25) is 4.79 Å². The monoisotopic (exact) mass is 346 g/mol. The van der Waals surface area contributed by atoms with Crippen LogP contribution in [0.15, 0.2) is 35.8 Å². The number of rotatable bonds is 6. The summed E-state index contributed by atoms with van der Waals surface area (Å²) in [6.07, 6.45) is 5.36. The number of hydrogen-bond donors (Lipinski definition) is 0. The zero-order valence-corrected chi connectivity index (χ0v) is 14.6. The molecule has 1 aliphatic rings. The maximum absolute atomic E-state index is 12.6. The Hall–Kier alpha value is -2.08. The lowest BCUT2D eigenvalue weighted by Gasteiger charge is -2.34. The maximum Gasteiger partial charge on any atom is 0.226 e. The molecule has 6 heteroatoms. The van der Waals surface area contributed by atoms with E-state index in [2.05, 4.69) is 4.98 Å². The number of carbonyl (C=O) groups excluding carboxylic acids is 1. The number of piperidine rings is 1. The van der Waals surface area contributed by atoms with Crippen LogP contribution >= 0.6 is 11.3 Å². The van der Waals surface area contributed by atoms with Crippen molar-refractivity contribution in [1.82, 2.24) is 9.88 Å². The fraction of sp³-hybridized carbons (Fsp3) is 0.444. The van der Waals surface area contributed by atoms with Crippen molar-refractivity contribution in [2.24, 2.45) is 0 Å². The van der Waals surface area contributed by atoms with Gasteiger partial charge in [0.2, 0.25) is 5.91 Å². The number of carbonyl (C=O) groups is 1. The van der Waals surface area contributed by atoms with Crippen LogP contribution in [0, 0.1) is 0 Å². The first-order valence-electron chi connectivity index (χ1n) is 8.24. The quantitative estimate of drug-likeness (QED) is 0.801. The second-order valence-corrected chi connectivity index (χ2v) is 6.64. The molecule has 1 aromatic heterocycles. The van der Waals surface area contributed by atoms with E-state index in [9.17, 15) is 4.79 Å². The Balaban J connectivity index is 1.57. The van der Waals surface area contributed by atoms with Gasteiger partial charge in [-0.25, -0.2) is 4.98 Å². The molecular formula is C18H22N2O3S. The van der Waals surface area contributed by atoms with E-state index in [1.807, 2.05) is 40.7 Å². The number of nitrogens with zero attached hydrogens (tertiary/aromatic N) is 2. The third kappa shape index (κ3) is 3.87. The highest BCUT2D eigenvalue weighted by Gasteiger charge is 2.29. The Morgan fingerprint density at radius 1 is 1.33 bits per heavy atom. The van der Waals surface area contributed by atoms with Gasteiger partial charge >= 0.3 is 0 Å². The van der Waals surface area contributed by atoms with Gasteiger partial charge in [0.1, 0.15) is 5.01 Å². The number of methoxy groups -OCH3 is 1. The van der Waals surface area contributed by atoms with Crippen molar-refractivity contribution in [3.05, 3.63) is 40.8 Å². The Kier molecular flexibility index (Phi) is 5.69. The highest BCUT2D eigenvalue weighted by atomic mass is 32.1. The van der Waals surface area contributed by atoms with Crippen molar-refractivity contribution in [3.8, 4) is 11.5 Å². The smallest absolute Gasteiger partial charge is 0.226 e. The molecule has 24 heavy (non-hydrogen) atoms. The fourth-order valence-electron chi connectivity index (χ4n) is 3.02. The first kappa shape index (κ1) is 16.8. The molecule has 0 spiro atoms. The number of likely N-dealkylation sites (tertiary alicyclic amines) is 1. The summed E-state index contributed by atoms with van der Waals surface area (Å²) in [5, 5.41) is 3.01. The Labute approximate surface area is 146 Å². The molecule has 5 nitrogen and oxygen atoms in total. The topological polar surface area (TPSA) is 51.7 Å². The van der Waals surface area contributed by atoms with Crippen LogP contribution in [0.25, 0.3) is 0 Å². The summed E-state index contributed by atoms with van der Waals surface area (Å²) < 4.78 is 11.0. The number of benzene rings is 1. The number of amides is 1. The molecule has 0 bridgehead atoms. The fourth-order valence-corrected chi connectivity index (χ4v) is 3.80. The van der Waals surface area contributed by atoms with Crippen molar-refractivity contribution in [2.45, 2.75) is 31.7 Å². The van der Waals surface area contributed by atoms with E-state index in [0.717, 1.165) is 30.8 Å². The molecule has 128 valence electrons. The normalized spacial score (nSPS) is 17.5. The van der Waals surface area contributed by atoms with Crippen LogP contribution < -0.4 is 9.47 Å². The second kappa shape index (κ2) is 8.15. The average Bonchev–Trinajstić information content (AvgIpc) is 3.16. The maximum atomic E-state index is 12.6. The minimum atomic E-state index is 0.123.